The van der Waals surface area contributed by atoms with Crippen LogP contribution in [0.25, 0.3) is 0 Å². The Morgan fingerprint density at radius 2 is 1.64 bits per heavy atom. The van der Waals surface area contributed by atoms with E-state index < -0.39 is 11.8 Å². The molecule has 0 saturated heterocycles. The fourth-order valence-electron chi connectivity index (χ4n) is 2.00. The summed E-state index contributed by atoms with van der Waals surface area (Å²) < 4.78 is 40.1. The first-order valence-corrected chi connectivity index (χ1v) is 6.87. The number of halogens is 3. The van der Waals surface area contributed by atoms with Crippen molar-refractivity contribution < 1.29 is 17.9 Å². The molecule has 0 spiro atoms. The van der Waals surface area contributed by atoms with Crippen molar-refractivity contribution in [3.63, 3.8) is 0 Å². The normalized spacial score (nSPS) is 11.8. The fourth-order valence-corrected chi connectivity index (χ4v) is 2.00. The van der Waals surface area contributed by atoms with Crippen LogP contribution < -0.4 is 4.74 Å². The van der Waals surface area contributed by atoms with Gasteiger partial charge < -0.3 is 4.74 Å². The Bertz CT molecular complexity index is 551. The van der Waals surface area contributed by atoms with Gasteiger partial charge in [0.2, 0.25) is 0 Å². The van der Waals surface area contributed by atoms with E-state index in [0.717, 1.165) is 6.42 Å². The first kappa shape index (κ1) is 17.8. The zero-order valence-corrected chi connectivity index (χ0v) is 12.4. The Balaban J connectivity index is 2.83. The van der Waals surface area contributed by atoms with Gasteiger partial charge in [0.05, 0.1) is 12.1 Å². The van der Waals surface area contributed by atoms with E-state index in [2.05, 4.69) is 4.74 Å². The van der Waals surface area contributed by atoms with Gasteiger partial charge in [-0.3, -0.25) is 0 Å². The molecule has 0 aliphatic heterocycles. The van der Waals surface area contributed by atoms with Crippen molar-refractivity contribution in [1.82, 2.24) is 0 Å². The van der Waals surface area contributed by atoms with Gasteiger partial charge >= 0.3 is 6.36 Å². The average molecular weight is 310 g/mol. The van der Waals surface area contributed by atoms with Gasteiger partial charge in [-0.2, -0.15) is 10.5 Å². The minimum Gasteiger partial charge on any atom is -0.406 e. The van der Waals surface area contributed by atoms with E-state index in [1.807, 2.05) is 26.0 Å². The summed E-state index contributed by atoms with van der Waals surface area (Å²) in [6.07, 6.45) is -3.39. The maximum atomic E-state index is 12.1. The van der Waals surface area contributed by atoms with Gasteiger partial charge in [0, 0.05) is 6.42 Å². The van der Waals surface area contributed by atoms with E-state index in [-0.39, 0.29) is 12.2 Å². The van der Waals surface area contributed by atoms with Crippen LogP contribution in [0.1, 0.15) is 32.3 Å². The van der Waals surface area contributed by atoms with E-state index in [9.17, 15) is 23.7 Å². The molecule has 0 saturated carbocycles. The molecule has 0 unspecified atom stereocenters. The van der Waals surface area contributed by atoms with Crippen LogP contribution in [0.3, 0.4) is 0 Å². The Morgan fingerprint density at radius 1 is 1.09 bits per heavy atom. The van der Waals surface area contributed by atoms with E-state index in [1.54, 1.807) is 0 Å². The highest BCUT2D eigenvalue weighted by Gasteiger charge is 2.32. The number of benzene rings is 1. The summed E-state index contributed by atoms with van der Waals surface area (Å²) in [4.78, 5) is 0. The van der Waals surface area contributed by atoms with Crippen LogP contribution in [0, 0.1) is 34.0 Å². The number of hydrogen-bond acceptors (Lipinski definition) is 3. The Hall–Kier alpha value is -2.21. The molecule has 1 aromatic rings. The SMILES string of the molecule is CC(C)CCC(C#N)(C#N)Cc1ccc(OC(F)(F)F)cc1. The molecule has 22 heavy (non-hydrogen) atoms. The summed E-state index contributed by atoms with van der Waals surface area (Å²) in [5, 5.41) is 18.6. The van der Waals surface area contributed by atoms with Crippen molar-refractivity contribution in [2.75, 3.05) is 0 Å². The van der Waals surface area contributed by atoms with E-state index in [1.165, 1.54) is 24.3 Å². The second-order valence-electron chi connectivity index (χ2n) is 5.61. The van der Waals surface area contributed by atoms with Crippen LogP contribution in [0.2, 0.25) is 0 Å². The lowest BCUT2D eigenvalue weighted by Gasteiger charge is -2.20. The van der Waals surface area contributed by atoms with E-state index in [0.29, 0.717) is 17.9 Å². The van der Waals surface area contributed by atoms with Crippen LogP contribution in [0.4, 0.5) is 13.2 Å². The van der Waals surface area contributed by atoms with Crippen molar-refractivity contribution in [2.24, 2.45) is 11.3 Å². The number of nitrogens with zero attached hydrogens (tertiary/aromatic N) is 2. The molecule has 0 aliphatic carbocycles. The van der Waals surface area contributed by atoms with Crippen molar-refractivity contribution >= 4 is 0 Å². The molecule has 0 aliphatic rings. The summed E-state index contributed by atoms with van der Waals surface area (Å²) in [6, 6.07) is 9.36. The molecule has 0 aromatic heterocycles. The Labute approximate surface area is 127 Å². The smallest absolute Gasteiger partial charge is 0.406 e. The lowest BCUT2D eigenvalue weighted by molar-refractivity contribution is -0.274. The van der Waals surface area contributed by atoms with Crippen LogP contribution in [-0.2, 0) is 6.42 Å². The van der Waals surface area contributed by atoms with Crippen LogP contribution in [0.5, 0.6) is 5.75 Å². The highest BCUT2D eigenvalue weighted by atomic mass is 19.4. The molecule has 0 fully saturated rings. The molecule has 0 atom stereocenters. The van der Waals surface area contributed by atoms with Gasteiger partial charge in [0.1, 0.15) is 11.2 Å². The minimum absolute atomic E-state index is 0.180. The number of hydrogen-bond donors (Lipinski definition) is 0. The van der Waals surface area contributed by atoms with Gasteiger partial charge in [-0.1, -0.05) is 26.0 Å². The topological polar surface area (TPSA) is 56.8 Å². The molecule has 0 radical (unpaired) electrons. The molecule has 0 N–H and O–H groups in total. The van der Waals surface area contributed by atoms with Crippen molar-refractivity contribution in [3.8, 4) is 17.9 Å². The predicted octanol–water partition coefficient (Wildman–Crippen LogP) is 4.60. The molecular formula is C16H17F3N2O. The standard InChI is InChI=1S/C16H17F3N2O/c1-12(2)7-8-15(10-20,11-21)9-13-3-5-14(6-4-13)22-16(17,18)19/h3-6,12H,7-9H2,1-2H3. The van der Waals surface area contributed by atoms with Crippen molar-refractivity contribution in [2.45, 2.75) is 39.5 Å². The van der Waals surface area contributed by atoms with Gasteiger partial charge in [-0.25, -0.2) is 0 Å². The van der Waals surface area contributed by atoms with Crippen LogP contribution in [-0.4, -0.2) is 6.36 Å². The van der Waals surface area contributed by atoms with Gasteiger partial charge in [-0.05, 0) is 36.5 Å². The van der Waals surface area contributed by atoms with Crippen LogP contribution >= 0.6 is 0 Å². The van der Waals surface area contributed by atoms with E-state index >= 15 is 0 Å². The molecular weight excluding hydrogens is 293 g/mol. The zero-order chi connectivity index (χ0) is 16.8. The van der Waals surface area contributed by atoms with Crippen LogP contribution in [0.15, 0.2) is 24.3 Å². The third-order valence-electron chi connectivity index (χ3n) is 3.24. The number of ether oxygens (including phenoxy) is 1. The minimum atomic E-state index is -4.73. The number of nitriles is 2. The van der Waals surface area contributed by atoms with Gasteiger partial charge in [0.25, 0.3) is 0 Å². The second-order valence-corrected chi connectivity index (χ2v) is 5.61. The Morgan fingerprint density at radius 3 is 2.05 bits per heavy atom. The maximum absolute atomic E-state index is 12.1. The lowest BCUT2D eigenvalue weighted by atomic mass is 9.79. The monoisotopic (exact) mass is 310 g/mol. The second kappa shape index (κ2) is 7.17. The number of alkyl halides is 3. The third kappa shape index (κ3) is 5.65. The predicted molar refractivity (Wildman–Crippen MR) is 74.6 cm³/mol. The Kier molecular flexibility index (Phi) is 5.82. The average Bonchev–Trinajstić information content (AvgIpc) is 2.44. The van der Waals surface area contributed by atoms with Gasteiger partial charge in [0.15, 0.2) is 0 Å². The van der Waals surface area contributed by atoms with E-state index in [4.69, 9.17) is 0 Å². The molecule has 1 rings (SSSR count). The molecule has 3 nitrogen and oxygen atoms in total. The highest BCUT2D eigenvalue weighted by Crippen LogP contribution is 2.30. The molecule has 0 heterocycles. The summed E-state index contributed by atoms with van der Waals surface area (Å²) >= 11 is 0. The summed E-state index contributed by atoms with van der Waals surface area (Å²) in [5.41, 5.74) is -0.530. The summed E-state index contributed by atoms with van der Waals surface area (Å²) in [5.74, 6) is 0.0431. The first-order chi connectivity index (χ1) is 10.2. The largest absolute Gasteiger partial charge is 0.573 e. The summed E-state index contributed by atoms with van der Waals surface area (Å²) in [7, 11) is 0. The maximum Gasteiger partial charge on any atom is 0.573 e. The quantitative estimate of drug-likeness (QED) is 0.771. The van der Waals surface area contributed by atoms with Crippen molar-refractivity contribution in [1.29, 1.82) is 10.5 Å². The molecule has 0 bridgehead atoms. The number of rotatable bonds is 6. The fraction of sp³-hybridized carbons (Fsp3) is 0.500. The zero-order valence-electron chi connectivity index (χ0n) is 12.4. The highest BCUT2D eigenvalue weighted by molar-refractivity contribution is 5.30. The molecule has 118 valence electrons. The van der Waals surface area contributed by atoms with Crippen molar-refractivity contribution in [3.05, 3.63) is 29.8 Å². The lowest BCUT2D eigenvalue weighted by Crippen LogP contribution is -2.20. The van der Waals surface area contributed by atoms with Gasteiger partial charge in [-0.15, -0.1) is 13.2 Å². The summed E-state index contributed by atoms with van der Waals surface area (Å²) in [6.45, 7) is 4.01. The third-order valence-corrected chi connectivity index (χ3v) is 3.24. The molecule has 0 amide bonds. The molecule has 6 heteroatoms. The molecule has 1 aromatic carbocycles. The first-order valence-electron chi connectivity index (χ1n) is 6.87.